The fraction of sp³-hybridized carbons (Fsp3) is 0.464. The largest absolute Gasteiger partial charge is 0.378 e. The van der Waals surface area contributed by atoms with Gasteiger partial charge < -0.3 is 19.7 Å². The Morgan fingerprint density at radius 2 is 1.95 bits per heavy atom. The van der Waals surface area contributed by atoms with E-state index in [2.05, 4.69) is 25.5 Å². The summed E-state index contributed by atoms with van der Waals surface area (Å²) >= 11 is 0. The lowest BCUT2D eigenvalue weighted by atomic mass is 9.95. The van der Waals surface area contributed by atoms with Crippen LogP contribution in [-0.2, 0) is 4.79 Å². The first-order valence-electron chi connectivity index (χ1n) is 13.0. The SMILES string of the molecule is CC(C)C(O)NCC1CCN(c2ncnc3c(-c4ccc(N(C)CNCC=O)c(F)c4)cc(F)cc23)CC1. The predicted molar refractivity (Wildman–Crippen MR) is 146 cm³/mol. The molecule has 2 heterocycles. The molecule has 1 atom stereocenters. The van der Waals surface area contributed by atoms with E-state index in [-0.39, 0.29) is 12.5 Å². The van der Waals surface area contributed by atoms with E-state index in [1.165, 1.54) is 24.5 Å². The number of nitrogens with one attached hydrogen (secondary N) is 2. The van der Waals surface area contributed by atoms with Crippen molar-refractivity contribution < 1.29 is 18.7 Å². The molecular weight excluding hydrogens is 490 g/mol. The van der Waals surface area contributed by atoms with E-state index in [9.17, 15) is 14.3 Å². The second kappa shape index (κ2) is 12.6. The molecule has 0 radical (unpaired) electrons. The number of rotatable bonds is 11. The van der Waals surface area contributed by atoms with Crippen LogP contribution in [0.1, 0.15) is 26.7 Å². The van der Waals surface area contributed by atoms with Gasteiger partial charge in [0.05, 0.1) is 24.4 Å². The van der Waals surface area contributed by atoms with Crippen molar-refractivity contribution in [1.82, 2.24) is 20.6 Å². The zero-order valence-electron chi connectivity index (χ0n) is 22.1. The van der Waals surface area contributed by atoms with E-state index in [0.29, 0.717) is 46.1 Å². The molecule has 1 saturated heterocycles. The van der Waals surface area contributed by atoms with Gasteiger partial charge in [0.25, 0.3) is 0 Å². The quantitative estimate of drug-likeness (QED) is 0.199. The summed E-state index contributed by atoms with van der Waals surface area (Å²) in [4.78, 5) is 23.3. The molecule has 0 aliphatic carbocycles. The number of anilines is 2. The molecule has 1 unspecified atom stereocenters. The van der Waals surface area contributed by atoms with Crippen LogP contribution in [0.4, 0.5) is 20.3 Å². The van der Waals surface area contributed by atoms with E-state index < -0.39 is 17.9 Å². The molecule has 0 saturated carbocycles. The standard InChI is InChI=1S/C28H36F2N6O2/c1-18(2)28(38)32-15-19-6-9-36(10-7-19)27-23-14-21(29)13-22(26(23)33-16-34-27)20-4-5-25(24(30)12-20)35(3)17-31-8-11-37/h4-5,11-14,16,18-19,28,31-32,38H,6-10,15,17H2,1-3H3. The van der Waals surface area contributed by atoms with E-state index >= 15 is 4.39 Å². The molecule has 1 aliphatic heterocycles. The summed E-state index contributed by atoms with van der Waals surface area (Å²) in [5, 5.41) is 16.7. The first-order chi connectivity index (χ1) is 18.3. The number of aliphatic hydroxyl groups excluding tert-OH is 1. The average molecular weight is 527 g/mol. The average Bonchev–Trinajstić information content (AvgIpc) is 2.91. The minimum atomic E-state index is -0.515. The Morgan fingerprint density at radius 1 is 1.18 bits per heavy atom. The summed E-state index contributed by atoms with van der Waals surface area (Å²) < 4.78 is 29.9. The Bertz CT molecular complexity index is 1250. The van der Waals surface area contributed by atoms with Gasteiger partial charge in [-0.1, -0.05) is 19.9 Å². The zero-order valence-corrected chi connectivity index (χ0v) is 22.1. The number of fused-ring (bicyclic) bond motifs is 1. The molecule has 0 spiro atoms. The molecule has 0 bridgehead atoms. The summed E-state index contributed by atoms with van der Waals surface area (Å²) in [6.07, 6.45) is 3.56. The van der Waals surface area contributed by atoms with Gasteiger partial charge in [0.2, 0.25) is 0 Å². The lowest BCUT2D eigenvalue weighted by Crippen LogP contribution is -2.41. The van der Waals surface area contributed by atoms with Crippen molar-refractivity contribution in [2.45, 2.75) is 32.9 Å². The number of aromatic nitrogens is 2. The highest BCUT2D eigenvalue weighted by Crippen LogP contribution is 2.35. The molecule has 2 aromatic carbocycles. The Hall–Kier alpha value is -3.21. The van der Waals surface area contributed by atoms with Gasteiger partial charge >= 0.3 is 0 Å². The highest BCUT2D eigenvalue weighted by molar-refractivity contribution is 5.99. The minimum absolute atomic E-state index is 0.155. The predicted octanol–water partition coefficient (Wildman–Crippen LogP) is 3.54. The number of hydrogen-bond donors (Lipinski definition) is 3. The topological polar surface area (TPSA) is 93.6 Å². The van der Waals surface area contributed by atoms with Crippen molar-refractivity contribution in [3.8, 4) is 11.1 Å². The van der Waals surface area contributed by atoms with Crippen molar-refractivity contribution in [3.63, 3.8) is 0 Å². The van der Waals surface area contributed by atoms with E-state index in [1.807, 2.05) is 13.8 Å². The Labute approximate surface area is 222 Å². The number of carbonyl (C=O) groups is 1. The summed E-state index contributed by atoms with van der Waals surface area (Å²) in [5.41, 5.74) is 1.94. The van der Waals surface area contributed by atoms with Crippen LogP contribution in [0.3, 0.4) is 0 Å². The molecule has 1 aliphatic rings. The third-order valence-corrected chi connectivity index (χ3v) is 7.09. The molecule has 10 heteroatoms. The second-order valence-electron chi connectivity index (χ2n) is 10.2. The summed E-state index contributed by atoms with van der Waals surface area (Å²) in [5.74, 6) is 0.367. The van der Waals surface area contributed by atoms with Crippen LogP contribution in [0, 0.1) is 23.5 Å². The Kier molecular flexibility index (Phi) is 9.19. The number of aliphatic hydroxyl groups is 1. The van der Waals surface area contributed by atoms with Crippen LogP contribution in [0.15, 0.2) is 36.7 Å². The van der Waals surface area contributed by atoms with Gasteiger partial charge in [0.15, 0.2) is 0 Å². The number of aldehydes is 1. The molecular formula is C28H36F2N6O2. The molecule has 38 heavy (non-hydrogen) atoms. The molecule has 1 fully saturated rings. The van der Waals surface area contributed by atoms with Gasteiger partial charge in [-0.25, -0.2) is 18.7 Å². The van der Waals surface area contributed by atoms with Crippen molar-refractivity contribution in [3.05, 3.63) is 48.3 Å². The van der Waals surface area contributed by atoms with Crippen LogP contribution in [0.5, 0.6) is 0 Å². The molecule has 0 amide bonds. The van der Waals surface area contributed by atoms with Crippen molar-refractivity contribution in [1.29, 1.82) is 0 Å². The first-order valence-corrected chi connectivity index (χ1v) is 13.0. The maximum Gasteiger partial charge on any atom is 0.147 e. The minimum Gasteiger partial charge on any atom is -0.378 e. The number of benzene rings is 2. The maximum absolute atomic E-state index is 15.1. The monoisotopic (exact) mass is 526 g/mol. The lowest BCUT2D eigenvalue weighted by Gasteiger charge is -2.34. The smallest absolute Gasteiger partial charge is 0.147 e. The Morgan fingerprint density at radius 3 is 2.63 bits per heavy atom. The van der Waals surface area contributed by atoms with Crippen LogP contribution < -0.4 is 20.4 Å². The van der Waals surface area contributed by atoms with Crippen LogP contribution in [-0.4, -0.2) is 67.5 Å². The van der Waals surface area contributed by atoms with Crippen LogP contribution >= 0.6 is 0 Å². The molecule has 204 valence electrons. The van der Waals surface area contributed by atoms with Gasteiger partial charge in [-0.15, -0.1) is 0 Å². The van der Waals surface area contributed by atoms with Crippen molar-refractivity contribution in [2.24, 2.45) is 11.8 Å². The first kappa shape index (κ1) is 27.8. The van der Waals surface area contributed by atoms with Gasteiger partial charge in [0.1, 0.15) is 36.3 Å². The highest BCUT2D eigenvalue weighted by atomic mass is 19.1. The lowest BCUT2D eigenvalue weighted by molar-refractivity contribution is -0.107. The summed E-state index contributed by atoms with van der Waals surface area (Å²) in [7, 11) is 1.72. The van der Waals surface area contributed by atoms with Crippen molar-refractivity contribution >= 4 is 28.7 Å². The second-order valence-corrected chi connectivity index (χ2v) is 10.2. The Balaban J connectivity index is 1.55. The van der Waals surface area contributed by atoms with Crippen LogP contribution in [0.2, 0.25) is 0 Å². The van der Waals surface area contributed by atoms with E-state index in [0.717, 1.165) is 38.8 Å². The number of carbonyl (C=O) groups excluding carboxylic acids is 1. The van der Waals surface area contributed by atoms with Gasteiger partial charge in [-0.05, 0) is 54.5 Å². The van der Waals surface area contributed by atoms with Crippen molar-refractivity contribution in [2.75, 3.05) is 49.7 Å². The molecule has 8 nitrogen and oxygen atoms in total. The van der Waals surface area contributed by atoms with Gasteiger partial charge in [-0.2, -0.15) is 0 Å². The fourth-order valence-corrected chi connectivity index (χ4v) is 4.82. The number of piperidine rings is 1. The highest BCUT2D eigenvalue weighted by Gasteiger charge is 2.24. The van der Waals surface area contributed by atoms with Crippen LogP contribution in [0.25, 0.3) is 22.0 Å². The molecule has 1 aromatic heterocycles. The number of hydrogen-bond acceptors (Lipinski definition) is 8. The normalized spacial score (nSPS) is 15.3. The molecule has 3 N–H and O–H groups in total. The third-order valence-electron chi connectivity index (χ3n) is 7.09. The van der Waals surface area contributed by atoms with E-state index in [1.54, 1.807) is 24.1 Å². The fourth-order valence-electron chi connectivity index (χ4n) is 4.82. The summed E-state index contributed by atoms with van der Waals surface area (Å²) in [6.45, 7) is 6.71. The summed E-state index contributed by atoms with van der Waals surface area (Å²) in [6, 6.07) is 7.58. The number of nitrogens with zero attached hydrogens (tertiary/aromatic N) is 4. The van der Waals surface area contributed by atoms with Gasteiger partial charge in [0, 0.05) is 37.6 Å². The maximum atomic E-state index is 15.1. The molecule has 3 aromatic rings. The third kappa shape index (κ3) is 6.43. The van der Waals surface area contributed by atoms with Gasteiger partial charge in [-0.3, -0.25) is 10.6 Å². The molecule has 4 rings (SSSR count). The van der Waals surface area contributed by atoms with E-state index in [4.69, 9.17) is 0 Å². The zero-order chi connectivity index (χ0) is 27.2. The number of halogens is 2.